The first kappa shape index (κ1) is 86.7. The molecule has 0 aromatic carbocycles. The fourth-order valence-electron chi connectivity index (χ4n) is 13.5. The van der Waals surface area contributed by atoms with Crippen molar-refractivity contribution in [3.05, 3.63) is 24.3 Å². The van der Waals surface area contributed by atoms with Crippen molar-refractivity contribution in [1.29, 1.82) is 0 Å². The molecule has 534 valence electrons. The Balaban J connectivity index is 2.05. The summed E-state index contributed by atoms with van der Waals surface area (Å²) >= 11 is 0. The molecule has 7 atom stereocenters. The van der Waals surface area contributed by atoms with Crippen LogP contribution in [0, 0.1) is 0 Å². The standard InChI is InChI=1S/C81H157NO8/c1-3-5-7-9-11-13-15-17-19-21-23-25-27-29-31-33-34-35-36-37-38-39-40-41-43-45-47-49-51-53-55-57-59-61-63-65-67-69-71-77(85)82-74(73-89-81-80(88)79(87)78(86)76(72-83)90-81)75(84)70-68-66-64-62-60-58-56-54-52-50-48-46-44-42-32-30-28-26-24-22-20-18-16-14-12-10-8-6-4-2/h60,62,68,70,74-76,78-81,83-84,86-88H,3-59,61,63-67,69,71-73H2,1-2H3,(H,82,85)/b62-60+,70-68+. The first-order valence-electron chi connectivity index (χ1n) is 40.6. The highest BCUT2D eigenvalue weighted by Gasteiger charge is 2.44. The van der Waals surface area contributed by atoms with Gasteiger partial charge in [-0.3, -0.25) is 4.79 Å². The highest BCUT2D eigenvalue weighted by Crippen LogP contribution is 2.24. The molecule has 0 aromatic rings. The van der Waals surface area contributed by atoms with Gasteiger partial charge in [-0.25, -0.2) is 0 Å². The number of carbonyl (C=O) groups is 1. The maximum atomic E-state index is 13.2. The Morgan fingerprint density at radius 1 is 0.367 bits per heavy atom. The molecular weight excluding hydrogens is 1110 g/mol. The Kier molecular flexibility index (Phi) is 67.9. The molecule has 1 aliphatic heterocycles. The van der Waals surface area contributed by atoms with E-state index >= 15 is 0 Å². The molecule has 1 heterocycles. The van der Waals surface area contributed by atoms with Gasteiger partial charge in [-0.1, -0.05) is 417 Å². The van der Waals surface area contributed by atoms with Crippen LogP contribution in [0.3, 0.4) is 0 Å². The fourth-order valence-corrected chi connectivity index (χ4v) is 13.5. The third-order valence-corrected chi connectivity index (χ3v) is 19.8. The summed E-state index contributed by atoms with van der Waals surface area (Å²) in [6, 6.07) is -0.821. The van der Waals surface area contributed by atoms with E-state index in [1.54, 1.807) is 6.08 Å². The zero-order valence-corrected chi connectivity index (χ0v) is 60.2. The van der Waals surface area contributed by atoms with Crippen molar-refractivity contribution in [1.82, 2.24) is 5.32 Å². The molecule has 0 aromatic heterocycles. The van der Waals surface area contributed by atoms with Gasteiger partial charge in [0.25, 0.3) is 0 Å². The van der Waals surface area contributed by atoms with E-state index in [-0.39, 0.29) is 12.5 Å². The molecule has 0 aliphatic carbocycles. The average Bonchev–Trinajstić information content (AvgIpc) is 1.34. The summed E-state index contributed by atoms with van der Waals surface area (Å²) in [6.45, 7) is 3.84. The van der Waals surface area contributed by atoms with Gasteiger partial charge in [-0.2, -0.15) is 0 Å². The summed E-state index contributed by atoms with van der Waals surface area (Å²) in [6.07, 6.45) is 87.8. The Morgan fingerprint density at radius 3 is 0.933 bits per heavy atom. The van der Waals surface area contributed by atoms with Crippen LogP contribution in [0.2, 0.25) is 0 Å². The second kappa shape index (κ2) is 70.5. The van der Waals surface area contributed by atoms with Gasteiger partial charge in [-0.05, 0) is 32.1 Å². The summed E-state index contributed by atoms with van der Waals surface area (Å²) in [5, 5.41) is 54.9. The number of nitrogens with one attached hydrogen (secondary N) is 1. The van der Waals surface area contributed by atoms with E-state index in [1.807, 2.05) is 6.08 Å². The van der Waals surface area contributed by atoms with Gasteiger partial charge in [0.15, 0.2) is 6.29 Å². The second-order valence-corrected chi connectivity index (χ2v) is 28.6. The lowest BCUT2D eigenvalue weighted by Gasteiger charge is -2.40. The number of rotatable bonds is 73. The monoisotopic (exact) mass is 1270 g/mol. The van der Waals surface area contributed by atoms with Crippen molar-refractivity contribution >= 4 is 5.91 Å². The normalized spacial score (nSPS) is 17.8. The molecule has 7 unspecified atom stereocenters. The fraction of sp³-hybridized carbons (Fsp3) is 0.938. The van der Waals surface area contributed by atoms with E-state index in [4.69, 9.17) is 9.47 Å². The molecule has 6 N–H and O–H groups in total. The second-order valence-electron chi connectivity index (χ2n) is 28.6. The van der Waals surface area contributed by atoms with E-state index in [0.29, 0.717) is 6.42 Å². The van der Waals surface area contributed by atoms with Gasteiger partial charge in [0.2, 0.25) is 5.91 Å². The van der Waals surface area contributed by atoms with Crippen LogP contribution >= 0.6 is 0 Å². The Bertz CT molecular complexity index is 1480. The van der Waals surface area contributed by atoms with E-state index in [2.05, 4.69) is 31.3 Å². The highest BCUT2D eigenvalue weighted by atomic mass is 16.7. The van der Waals surface area contributed by atoms with Crippen molar-refractivity contribution in [3.63, 3.8) is 0 Å². The maximum absolute atomic E-state index is 13.2. The van der Waals surface area contributed by atoms with Crippen LogP contribution < -0.4 is 5.32 Å². The van der Waals surface area contributed by atoms with Crippen LogP contribution in [0.25, 0.3) is 0 Å². The van der Waals surface area contributed by atoms with Crippen molar-refractivity contribution in [3.8, 4) is 0 Å². The number of amides is 1. The molecule has 1 amide bonds. The number of hydrogen-bond acceptors (Lipinski definition) is 8. The Hall–Kier alpha value is -1.33. The quantitative estimate of drug-likeness (QED) is 0.0261. The average molecular weight is 1270 g/mol. The number of allylic oxidation sites excluding steroid dienone is 3. The summed E-state index contributed by atoms with van der Waals surface area (Å²) in [5.74, 6) is -0.176. The minimum Gasteiger partial charge on any atom is -0.394 e. The zero-order chi connectivity index (χ0) is 64.9. The van der Waals surface area contributed by atoms with Crippen LogP contribution in [0.15, 0.2) is 24.3 Å². The number of aliphatic hydroxyl groups excluding tert-OH is 5. The van der Waals surface area contributed by atoms with Crippen LogP contribution in [0.5, 0.6) is 0 Å². The maximum Gasteiger partial charge on any atom is 0.220 e. The Morgan fingerprint density at radius 2 is 0.633 bits per heavy atom. The van der Waals surface area contributed by atoms with Gasteiger partial charge < -0.3 is 40.3 Å². The molecule has 0 radical (unpaired) electrons. The third-order valence-electron chi connectivity index (χ3n) is 19.8. The highest BCUT2D eigenvalue weighted by molar-refractivity contribution is 5.76. The minimum absolute atomic E-state index is 0.176. The van der Waals surface area contributed by atoms with Crippen LogP contribution in [-0.4, -0.2) is 87.5 Å². The van der Waals surface area contributed by atoms with E-state index in [9.17, 15) is 30.3 Å². The molecular formula is C81H157NO8. The summed E-state index contributed by atoms with van der Waals surface area (Å²) in [4.78, 5) is 13.2. The molecule has 1 aliphatic rings. The predicted molar refractivity (Wildman–Crippen MR) is 387 cm³/mol. The first-order chi connectivity index (χ1) is 44.3. The lowest BCUT2D eigenvalue weighted by atomic mass is 9.99. The van der Waals surface area contributed by atoms with Crippen molar-refractivity contribution < 1.29 is 39.8 Å². The first-order valence-corrected chi connectivity index (χ1v) is 40.6. The SMILES string of the molecule is CCCCCCCCCCCCCCCCCCCCCCCCC/C=C/CC/C=C/C(O)C(COC1OC(CO)C(O)C(O)C1O)NC(=O)CCCCCCCCCCCCCCCCCCCCCCCCCCCCCCCCCCCCCCCC. The smallest absolute Gasteiger partial charge is 0.220 e. The molecule has 90 heavy (non-hydrogen) atoms. The summed E-state index contributed by atoms with van der Waals surface area (Å²) < 4.78 is 11.3. The molecule has 0 saturated carbocycles. The largest absolute Gasteiger partial charge is 0.394 e. The molecule has 9 nitrogen and oxygen atoms in total. The minimum atomic E-state index is -1.57. The van der Waals surface area contributed by atoms with Gasteiger partial charge >= 0.3 is 0 Å². The lowest BCUT2D eigenvalue weighted by molar-refractivity contribution is -0.302. The molecule has 1 saturated heterocycles. The van der Waals surface area contributed by atoms with E-state index in [1.165, 1.54) is 372 Å². The topological polar surface area (TPSA) is 149 Å². The van der Waals surface area contributed by atoms with Gasteiger partial charge in [0.1, 0.15) is 24.4 Å². The van der Waals surface area contributed by atoms with Crippen molar-refractivity contribution in [2.75, 3.05) is 13.2 Å². The van der Waals surface area contributed by atoms with Crippen LogP contribution in [-0.2, 0) is 14.3 Å². The summed E-state index contributed by atoms with van der Waals surface area (Å²) in [5.41, 5.74) is 0. The number of carbonyl (C=O) groups excluding carboxylic acids is 1. The van der Waals surface area contributed by atoms with Gasteiger partial charge in [0, 0.05) is 6.42 Å². The molecule has 1 fully saturated rings. The molecule has 0 bridgehead atoms. The molecule has 0 spiro atoms. The third kappa shape index (κ3) is 58.1. The van der Waals surface area contributed by atoms with Crippen LogP contribution in [0.4, 0.5) is 0 Å². The van der Waals surface area contributed by atoms with E-state index in [0.717, 1.165) is 38.5 Å². The van der Waals surface area contributed by atoms with Crippen LogP contribution in [0.1, 0.15) is 431 Å². The summed E-state index contributed by atoms with van der Waals surface area (Å²) in [7, 11) is 0. The Labute approximate surface area is 559 Å². The molecule has 9 heteroatoms. The molecule has 1 rings (SSSR count). The lowest BCUT2D eigenvalue weighted by Crippen LogP contribution is -2.60. The van der Waals surface area contributed by atoms with Crippen molar-refractivity contribution in [2.24, 2.45) is 0 Å². The van der Waals surface area contributed by atoms with Crippen molar-refractivity contribution in [2.45, 2.75) is 474 Å². The number of hydrogen-bond donors (Lipinski definition) is 6. The van der Waals surface area contributed by atoms with Gasteiger partial charge in [-0.15, -0.1) is 0 Å². The van der Waals surface area contributed by atoms with E-state index < -0.39 is 49.5 Å². The predicted octanol–water partition coefficient (Wildman–Crippen LogP) is 23.2. The zero-order valence-electron chi connectivity index (χ0n) is 60.2. The number of unbranched alkanes of at least 4 members (excludes halogenated alkanes) is 61. The number of aliphatic hydroxyl groups is 5. The number of ether oxygens (including phenoxy) is 2. The van der Waals surface area contributed by atoms with Gasteiger partial charge in [0.05, 0.1) is 25.4 Å².